The highest BCUT2D eigenvalue weighted by Gasteiger charge is 2.23. The van der Waals surface area contributed by atoms with Crippen molar-refractivity contribution in [1.82, 2.24) is 14.5 Å². The van der Waals surface area contributed by atoms with Gasteiger partial charge in [-0.05, 0) is 18.6 Å². The van der Waals surface area contributed by atoms with Crippen LogP contribution in [-0.4, -0.2) is 41.0 Å². The summed E-state index contributed by atoms with van der Waals surface area (Å²) in [6.07, 6.45) is 2.71. The highest BCUT2D eigenvalue weighted by atomic mass is 16.5. The maximum atomic E-state index is 12.0. The van der Waals surface area contributed by atoms with Crippen LogP contribution in [0.15, 0.2) is 23.1 Å². The summed E-state index contributed by atoms with van der Waals surface area (Å²) in [5.41, 5.74) is 1.35. The monoisotopic (exact) mass is 263 g/mol. The highest BCUT2D eigenvalue weighted by molar-refractivity contribution is 5.70. The summed E-state index contributed by atoms with van der Waals surface area (Å²) in [4.78, 5) is 18.9. The Morgan fingerprint density at radius 2 is 2.47 bits per heavy atom. The zero-order valence-corrected chi connectivity index (χ0v) is 10.8. The average molecular weight is 263 g/mol. The molecule has 1 saturated heterocycles. The van der Waals surface area contributed by atoms with Gasteiger partial charge in [-0.3, -0.25) is 9.55 Å². The first-order chi connectivity index (χ1) is 9.28. The molecule has 0 saturated carbocycles. The third-order valence-electron chi connectivity index (χ3n) is 3.58. The number of nitrogens with zero attached hydrogens (tertiary/aromatic N) is 2. The van der Waals surface area contributed by atoms with Gasteiger partial charge < -0.3 is 9.47 Å². The molecule has 2 aromatic rings. The zero-order chi connectivity index (χ0) is 13.2. The fraction of sp³-hybridized carbons (Fsp3) is 0.538. The Morgan fingerprint density at radius 1 is 1.58 bits per heavy atom. The molecular weight excluding hydrogens is 246 g/mol. The van der Waals surface area contributed by atoms with Gasteiger partial charge in [-0.2, -0.15) is 0 Å². The van der Waals surface area contributed by atoms with Crippen LogP contribution in [0.5, 0.6) is 0 Å². The van der Waals surface area contributed by atoms with Gasteiger partial charge in [0.25, 0.3) is 0 Å². The van der Waals surface area contributed by atoms with E-state index in [2.05, 4.69) is 9.97 Å². The predicted octanol–water partition coefficient (Wildman–Crippen LogP) is 0.776. The molecule has 1 fully saturated rings. The van der Waals surface area contributed by atoms with Gasteiger partial charge in [0.15, 0.2) is 5.65 Å². The molecule has 0 bridgehead atoms. The first kappa shape index (κ1) is 12.4. The summed E-state index contributed by atoms with van der Waals surface area (Å²) in [5, 5.41) is 0. The van der Waals surface area contributed by atoms with Crippen molar-refractivity contribution >= 4 is 11.2 Å². The third kappa shape index (κ3) is 2.41. The molecule has 1 aliphatic heterocycles. The van der Waals surface area contributed by atoms with Crippen LogP contribution in [0.3, 0.4) is 0 Å². The van der Waals surface area contributed by atoms with Crippen molar-refractivity contribution < 1.29 is 9.47 Å². The van der Waals surface area contributed by atoms with Crippen molar-refractivity contribution in [2.75, 3.05) is 20.3 Å². The number of ether oxygens (including phenoxy) is 2. The van der Waals surface area contributed by atoms with Crippen LogP contribution in [0.25, 0.3) is 11.2 Å². The second-order valence-corrected chi connectivity index (χ2v) is 4.91. The van der Waals surface area contributed by atoms with Gasteiger partial charge in [0, 0.05) is 25.8 Å². The number of hydrogen-bond donors (Lipinski definition) is 1. The second kappa shape index (κ2) is 5.14. The van der Waals surface area contributed by atoms with E-state index in [-0.39, 0.29) is 17.7 Å². The van der Waals surface area contributed by atoms with E-state index in [1.165, 1.54) is 0 Å². The number of imidazole rings is 1. The molecule has 0 spiro atoms. The smallest absolute Gasteiger partial charge is 0.327 e. The molecule has 6 nitrogen and oxygen atoms in total. The molecule has 0 amide bonds. The molecule has 0 aliphatic carbocycles. The van der Waals surface area contributed by atoms with Gasteiger partial charge >= 0.3 is 5.69 Å². The van der Waals surface area contributed by atoms with Crippen LogP contribution in [0.2, 0.25) is 0 Å². The van der Waals surface area contributed by atoms with Crippen LogP contribution in [0.1, 0.15) is 6.42 Å². The van der Waals surface area contributed by atoms with E-state index in [1.54, 1.807) is 17.9 Å². The Kier molecular flexibility index (Phi) is 3.35. The fourth-order valence-electron chi connectivity index (χ4n) is 2.59. The summed E-state index contributed by atoms with van der Waals surface area (Å²) < 4.78 is 12.6. The average Bonchev–Trinajstić information content (AvgIpc) is 2.76. The fourth-order valence-corrected chi connectivity index (χ4v) is 2.59. The normalized spacial score (nSPS) is 23.8. The minimum Gasteiger partial charge on any atom is -0.379 e. The Hall–Kier alpha value is -1.66. The molecule has 0 aromatic carbocycles. The lowest BCUT2D eigenvalue weighted by Crippen LogP contribution is -2.34. The number of nitrogens with one attached hydrogen (secondary N) is 1. The molecular formula is C13H17N3O3. The summed E-state index contributed by atoms with van der Waals surface area (Å²) in [7, 11) is 1.69. The molecule has 2 aromatic heterocycles. The topological polar surface area (TPSA) is 69.1 Å². The number of aromatic nitrogens is 3. The van der Waals surface area contributed by atoms with Gasteiger partial charge in [0.05, 0.1) is 24.8 Å². The summed E-state index contributed by atoms with van der Waals surface area (Å²) >= 11 is 0. The number of rotatable bonds is 3. The number of fused-ring (bicyclic) bond motifs is 1. The Labute approximate surface area is 110 Å². The lowest BCUT2D eigenvalue weighted by atomic mass is 10.00. The largest absolute Gasteiger partial charge is 0.379 e. The van der Waals surface area contributed by atoms with Gasteiger partial charge in [-0.15, -0.1) is 0 Å². The van der Waals surface area contributed by atoms with Gasteiger partial charge in [0.1, 0.15) is 0 Å². The van der Waals surface area contributed by atoms with Crippen molar-refractivity contribution in [3.8, 4) is 0 Å². The summed E-state index contributed by atoms with van der Waals surface area (Å²) in [6.45, 7) is 1.93. The molecule has 102 valence electrons. The minimum absolute atomic E-state index is 0.117. The quantitative estimate of drug-likeness (QED) is 0.888. The lowest BCUT2D eigenvalue weighted by Gasteiger charge is -2.28. The second-order valence-electron chi connectivity index (χ2n) is 4.91. The van der Waals surface area contributed by atoms with E-state index in [9.17, 15) is 4.79 Å². The standard InChI is InChI=1S/C13H17N3O3/c1-18-10-5-9(7-19-8-10)6-16-11-3-2-4-14-12(11)15-13(16)17/h2-4,9-10H,5-8H2,1H3,(H,14,15,17)/t9-,10-/m1/s1. The molecule has 0 unspecified atom stereocenters. The van der Waals surface area contributed by atoms with Gasteiger partial charge in [-0.1, -0.05) is 0 Å². The van der Waals surface area contributed by atoms with Crippen molar-refractivity contribution in [1.29, 1.82) is 0 Å². The van der Waals surface area contributed by atoms with E-state index in [0.717, 1.165) is 11.9 Å². The van der Waals surface area contributed by atoms with Crippen LogP contribution in [-0.2, 0) is 16.0 Å². The first-order valence-corrected chi connectivity index (χ1v) is 6.42. The summed E-state index contributed by atoms with van der Waals surface area (Å²) in [5.74, 6) is 0.288. The van der Waals surface area contributed by atoms with Gasteiger partial charge in [-0.25, -0.2) is 9.78 Å². The number of methoxy groups -OCH3 is 1. The minimum atomic E-state index is -0.117. The van der Waals surface area contributed by atoms with E-state index < -0.39 is 0 Å². The first-order valence-electron chi connectivity index (χ1n) is 6.42. The molecule has 0 radical (unpaired) electrons. The molecule has 2 atom stereocenters. The molecule has 6 heteroatoms. The van der Waals surface area contributed by atoms with Crippen molar-refractivity contribution in [2.45, 2.75) is 19.1 Å². The van der Waals surface area contributed by atoms with E-state index >= 15 is 0 Å². The highest BCUT2D eigenvalue weighted by Crippen LogP contribution is 2.19. The van der Waals surface area contributed by atoms with E-state index in [4.69, 9.17) is 9.47 Å². The maximum absolute atomic E-state index is 12.0. The van der Waals surface area contributed by atoms with E-state index in [0.29, 0.717) is 25.4 Å². The Morgan fingerprint density at radius 3 is 3.32 bits per heavy atom. The van der Waals surface area contributed by atoms with Crippen LogP contribution in [0, 0.1) is 5.92 Å². The number of H-pyrrole nitrogens is 1. The number of aromatic amines is 1. The Balaban J connectivity index is 1.85. The summed E-state index contributed by atoms with van der Waals surface area (Å²) in [6, 6.07) is 3.74. The maximum Gasteiger partial charge on any atom is 0.327 e. The number of pyridine rings is 1. The molecule has 1 N–H and O–H groups in total. The Bertz CT molecular complexity index is 619. The zero-order valence-electron chi connectivity index (χ0n) is 10.8. The number of hydrogen-bond acceptors (Lipinski definition) is 4. The van der Waals surface area contributed by atoms with Crippen molar-refractivity contribution in [2.24, 2.45) is 5.92 Å². The van der Waals surface area contributed by atoms with Crippen LogP contribution in [0.4, 0.5) is 0 Å². The molecule has 3 heterocycles. The predicted molar refractivity (Wildman–Crippen MR) is 70.1 cm³/mol. The SMILES string of the molecule is CO[C@H]1COC[C@@H](Cn2c(=O)[nH]c3ncccc32)C1. The molecule has 3 rings (SSSR count). The van der Waals surface area contributed by atoms with Crippen molar-refractivity contribution in [3.63, 3.8) is 0 Å². The molecule has 19 heavy (non-hydrogen) atoms. The van der Waals surface area contributed by atoms with Crippen LogP contribution >= 0.6 is 0 Å². The molecule has 1 aliphatic rings. The van der Waals surface area contributed by atoms with Crippen molar-refractivity contribution in [3.05, 3.63) is 28.8 Å². The van der Waals surface area contributed by atoms with Crippen LogP contribution < -0.4 is 5.69 Å². The lowest BCUT2D eigenvalue weighted by molar-refractivity contribution is -0.0586. The van der Waals surface area contributed by atoms with Gasteiger partial charge in [0.2, 0.25) is 0 Å². The van der Waals surface area contributed by atoms with E-state index in [1.807, 2.05) is 12.1 Å². The third-order valence-corrected chi connectivity index (χ3v) is 3.58.